The molecule has 0 aliphatic carbocycles. The molecule has 1 aliphatic rings. The molecule has 0 radical (unpaired) electrons. The molecule has 3 rings (SSSR count). The maximum absolute atomic E-state index is 10.7. The highest BCUT2D eigenvalue weighted by atomic mass is 31.2. The topological polar surface area (TPSA) is 166 Å². The molecule has 2 aromatic rings. The number of aromatic nitrogens is 4. The maximum atomic E-state index is 10.7. The lowest BCUT2D eigenvalue weighted by Gasteiger charge is -2.17. The van der Waals surface area contributed by atoms with Gasteiger partial charge in [-0.15, -0.1) is 0 Å². The summed E-state index contributed by atoms with van der Waals surface area (Å²) in [6.07, 6.45) is 0.472. The first kappa shape index (κ1) is 15.3. The van der Waals surface area contributed by atoms with Crippen LogP contribution in [0.15, 0.2) is 12.7 Å². The van der Waals surface area contributed by atoms with Crippen molar-refractivity contribution in [3.63, 3.8) is 0 Å². The molecule has 0 aromatic carbocycles. The highest BCUT2D eigenvalue weighted by Gasteiger charge is 2.37. The van der Waals surface area contributed by atoms with Crippen LogP contribution >= 0.6 is 7.82 Å². The van der Waals surface area contributed by atoms with E-state index in [9.17, 15) is 9.67 Å². The first-order chi connectivity index (χ1) is 10.3. The van der Waals surface area contributed by atoms with Crippen LogP contribution in [-0.4, -0.2) is 53.2 Å². The van der Waals surface area contributed by atoms with Gasteiger partial charge in [-0.1, -0.05) is 0 Å². The van der Waals surface area contributed by atoms with Crippen molar-refractivity contribution in [3.05, 3.63) is 12.7 Å². The van der Waals surface area contributed by atoms with Gasteiger partial charge in [-0.05, 0) is 0 Å². The molecule has 1 saturated heterocycles. The number of aliphatic hydroxyl groups is 1. The van der Waals surface area contributed by atoms with E-state index in [2.05, 4.69) is 19.5 Å². The molecule has 11 nitrogen and oxygen atoms in total. The van der Waals surface area contributed by atoms with E-state index < -0.39 is 26.3 Å². The number of fused-ring (bicyclic) bond motifs is 1. The van der Waals surface area contributed by atoms with Gasteiger partial charge in [0.05, 0.1) is 19.0 Å². The Morgan fingerprint density at radius 2 is 2.23 bits per heavy atom. The molecule has 1 aliphatic heterocycles. The second-order valence-corrected chi connectivity index (χ2v) is 6.06. The summed E-state index contributed by atoms with van der Waals surface area (Å²) in [4.78, 5) is 29.3. The van der Waals surface area contributed by atoms with Gasteiger partial charge in [0.2, 0.25) is 0 Å². The number of phosphoric ester groups is 1. The van der Waals surface area contributed by atoms with Crippen molar-refractivity contribution in [2.24, 2.45) is 0 Å². The Labute approximate surface area is 124 Å². The van der Waals surface area contributed by atoms with Gasteiger partial charge in [-0.3, -0.25) is 9.09 Å². The minimum Gasteiger partial charge on any atom is -0.388 e. The molecule has 1 fully saturated rings. The first-order valence-electron chi connectivity index (χ1n) is 6.32. The van der Waals surface area contributed by atoms with E-state index in [1.54, 1.807) is 0 Å². The lowest BCUT2D eigenvalue weighted by atomic mass is 10.2. The molecule has 3 heterocycles. The van der Waals surface area contributed by atoms with Crippen molar-refractivity contribution >= 4 is 24.8 Å². The van der Waals surface area contributed by atoms with Crippen LogP contribution in [0, 0.1) is 0 Å². The van der Waals surface area contributed by atoms with E-state index in [1.165, 1.54) is 17.2 Å². The second-order valence-electron chi connectivity index (χ2n) is 4.82. The number of anilines is 1. The van der Waals surface area contributed by atoms with Gasteiger partial charge < -0.3 is 25.4 Å². The molecule has 22 heavy (non-hydrogen) atoms. The summed E-state index contributed by atoms with van der Waals surface area (Å²) in [6.45, 7) is -0.332. The van der Waals surface area contributed by atoms with Crippen molar-refractivity contribution in [2.75, 3.05) is 12.3 Å². The number of nitrogens with zero attached hydrogens (tertiary/aromatic N) is 4. The number of rotatable bonds is 4. The molecule has 5 N–H and O–H groups in total. The van der Waals surface area contributed by atoms with E-state index in [0.29, 0.717) is 11.2 Å². The van der Waals surface area contributed by atoms with Gasteiger partial charge in [0.15, 0.2) is 17.7 Å². The Kier molecular flexibility index (Phi) is 3.85. The van der Waals surface area contributed by atoms with Crippen LogP contribution in [0.2, 0.25) is 0 Å². The highest BCUT2D eigenvalue weighted by molar-refractivity contribution is 7.46. The Morgan fingerprint density at radius 3 is 2.95 bits per heavy atom. The molecule has 0 amide bonds. The van der Waals surface area contributed by atoms with E-state index in [0.717, 1.165) is 0 Å². The molecule has 0 spiro atoms. The largest absolute Gasteiger partial charge is 0.469 e. The van der Waals surface area contributed by atoms with Gasteiger partial charge in [-0.2, -0.15) is 0 Å². The maximum Gasteiger partial charge on any atom is 0.469 e. The third kappa shape index (κ3) is 2.95. The van der Waals surface area contributed by atoms with Crippen LogP contribution in [0.3, 0.4) is 0 Å². The molecule has 120 valence electrons. The first-order valence-corrected chi connectivity index (χ1v) is 7.85. The monoisotopic (exact) mass is 331 g/mol. The SMILES string of the molecule is Nc1ncnc2c1ncn2[C@@H]1OC(COP(=O)(O)O)C[C@H]1O. The fourth-order valence-electron chi connectivity index (χ4n) is 2.32. The van der Waals surface area contributed by atoms with Crippen LogP contribution in [0.4, 0.5) is 5.82 Å². The summed E-state index contributed by atoms with van der Waals surface area (Å²) in [6, 6.07) is 0. The smallest absolute Gasteiger partial charge is 0.388 e. The molecular weight excluding hydrogens is 317 g/mol. The van der Waals surface area contributed by atoms with Gasteiger partial charge >= 0.3 is 7.82 Å². The summed E-state index contributed by atoms with van der Waals surface area (Å²) in [5.74, 6) is 0.206. The van der Waals surface area contributed by atoms with E-state index in [4.69, 9.17) is 20.3 Å². The zero-order chi connectivity index (χ0) is 15.9. The zero-order valence-corrected chi connectivity index (χ0v) is 12.1. The van der Waals surface area contributed by atoms with Gasteiger partial charge in [0, 0.05) is 6.42 Å². The van der Waals surface area contributed by atoms with E-state index >= 15 is 0 Å². The lowest BCUT2D eigenvalue weighted by molar-refractivity contribution is -0.0481. The van der Waals surface area contributed by atoms with Crippen molar-refractivity contribution in [1.82, 2.24) is 19.5 Å². The number of hydrogen-bond acceptors (Lipinski definition) is 8. The van der Waals surface area contributed by atoms with Crippen molar-refractivity contribution in [2.45, 2.75) is 24.9 Å². The second kappa shape index (κ2) is 5.54. The molecule has 0 bridgehead atoms. The number of nitrogen functional groups attached to an aromatic ring is 1. The van der Waals surface area contributed by atoms with Crippen LogP contribution in [-0.2, 0) is 13.8 Å². The third-order valence-corrected chi connectivity index (χ3v) is 3.74. The Bertz CT molecular complexity index is 732. The number of ether oxygens (including phenoxy) is 1. The zero-order valence-electron chi connectivity index (χ0n) is 11.2. The molecule has 1 unspecified atom stereocenters. The number of nitrogens with two attached hydrogens (primary N) is 1. The number of aliphatic hydroxyl groups excluding tert-OH is 1. The van der Waals surface area contributed by atoms with Gasteiger partial charge in [-0.25, -0.2) is 19.5 Å². The van der Waals surface area contributed by atoms with Crippen LogP contribution in [0.25, 0.3) is 11.2 Å². The Morgan fingerprint density at radius 1 is 1.45 bits per heavy atom. The Balaban J connectivity index is 1.80. The molecule has 0 saturated carbocycles. The average Bonchev–Trinajstić information content (AvgIpc) is 3.00. The standard InChI is InChI=1S/C10H14N5O6P/c11-8-7-9(13-3-12-8)15(4-14-7)10-6(16)1-5(21-10)2-20-22(17,18)19/h3-6,10,16H,1-2H2,(H2,11,12,13)(H2,17,18,19)/t5?,6-,10-/m1/s1. The number of hydrogen-bond donors (Lipinski definition) is 4. The van der Waals surface area contributed by atoms with Crippen LogP contribution < -0.4 is 5.73 Å². The summed E-state index contributed by atoms with van der Waals surface area (Å²) in [5.41, 5.74) is 6.47. The van der Waals surface area contributed by atoms with E-state index in [1.807, 2.05) is 0 Å². The van der Waals surface area contributed by atoms with Crippen molar-refractivity contribution in [1.29, 1.82) is 0 Å². The minimum absolute atomic E-state index is 0.158. The minimum atomic E-state index is -4.58. The quantitative estimate of drug-likeness (QED) is 0.519. The fourth-order valence-corrected chi connectivity index (χ4v) is 2.68. The van der Waals surface area contributed by atoms with Crippen LogP contribution in [0.1, 0.15) is 12.6 Å². The van der Waals surface area contributed by atoms with Crippen molar-refractivity contribution < 1.29 is 28.7 Å². The summed E-state index contributed by atoms with van der Waals surface area (Å²) in [5, 5.41) is 10.1. The predicted octanol–water partition coefficient (Wildman–Crippen LogP) is -0.834. The fraction of sp³-hybridized carbons (Fsp3) is 0.500. The van der Waals surface area contributed by atoms with E-state index in [-0.39, 0.29) is 18.8 Å². The Hall–Kier alpha value is -1.62. The predicted molar refractivity (Wildman–Crippen MR) is 72.3 cm³/mol. The molecule has 12 heteroatoms. The highest BCUT2D eigenvalue weighted by Crippen LogP contribution is 2.38. The third-order valence-electron chi connectivity index (χ3n) is 3.26. The van der Waals surface area contributed by atoms with Crippen molar-refractivity contribution in [3.8, 4) is 0 Å². The van der Waals surface area contributed by atoms with Gasteiger partial charge in [0.1, 0.15) is 17.9 Å². The number of phosphoric acid groups is 1. The summed E-state index contributed by atoms with van der Waals surface area (Å²) in [7, 11) is -4.58. The lowest BCUT2D eigenvalue weighted by Crippen LogP contribution is -2.19. The summed E-state index contributed by atoms with van der Waals surface area (Å²) < 4.78 is 22.2. The summed E-state index contributed by atoms with van der Waals surface area (Å²) >= 11 is 0. The van der Waals surface area contributed by atoms with Crippen LogP contribution in [0.5, 0.6) is 0 Å². The molecule has 3 atom stereocenters. The molecule has 2 aromatic heterocycles. The molecular formula is C10H14N5O6P. The normalized spacial score (nSPS) is 25.9. The number of imidazole rings is 1. The average molecular weight is 331 g/mol. The van der Waals surface area contributed by atoms with Gasteiger partial charge in [0.25, 0.3) is 0 Å².